The lowest BCUT2D eigenvalue weighted by atomic mass is 10.0. The summed E-state index contributed by atoms with van der Waals surface area (Å²) >= 11 is 0. The van der Waals surface area contributed by atoms with Crippen LogP contribution in [0.5, 0.6) is 0 Å². The molecule has 6 heteroatoms. The van der Waals surface area contributed by atoms with Crippen molar-refractivity contribution in [2.24, 2.45) is 11.8 Å². The van der Waals surface area contributed by atoms with Crippen molar-refractivity contribution in [3.63, 3.8) is 0 Å². The Morgan fingerprint density at radius 1 is 0.306 bits per heavy atom. The summed E-state index contributed by atoms with van der Waals surface area (Å²) in [6.07, 6.45) is 50.9. The van der Waals surface area contributed by atoms with Gasteiger partial charge in [0.2, 0.25) is 0 Å². The fourth-order valence-corrected chi connectivity index (χ4v) is 8.52. The highest BCUT2D eigenvalue weighted by Crippen LogP contribution is 2.18. The average Bonchev–Trinajstić information content (AvgIpc) is 3.24. The normalized spacial score (nSPS) is 12.0. The summed E-state index contributed by atoms with van der Waals surface area (Å²) < 4.78 is 16.8. The molecule has 0 aromatic rings. The van der Waals surface area contributed by atoms with Gasteiger partial charge in [-0.05, 0) is 31.1 Å². The predicted octanol–water partition coefficient (Wildman–Crippen LogP) is 18.1. The van der Waals surface area contributed by atoms with Crippen LogP contribution in [-0.2, 0) is 28.6 Å². The van der Waals surface area contributed by atoms with Crippen molar-refractivity contribution in [1.82, 2.24) is 0 Å². The molecule has 0 fully saturated rings. The van der Waals surface area contributed by atoms with Crippen LogP contribution in [0.1, 0.15) is 311 Å². The molecule has 0 aliphatic carbocycles. The number of carbonyl (C=O) groups excluding carboxylic acids is 3. The largest absolute Gasteiger partial charge is 0.462 e. The van der Waals surface area contributed by atoms with Gasteiger partial charge in [-0.2, -0.15) is 0 Å². The standard InChI is InChI=1S/C56H108O6/c1-6-7-8-9-10-11-19-28-33-38-43-48-56(59)62-53(50-61-55(58)47-42-37-32-27-23-18-14-16-21-25-30-35-40-45-52(4)5)49-60-54(57)46-41-36-31-26-22-17-13-12-15-20-24-29-34-39-44-51(2)3/h51-53H,6-50H2,1-5H3/t53-/m0/s1. The lowest BCUT2D eigenvalue weighted by molar-refractivity contribution is -0.167. The van der Waals surface area contributed by atoms with Gasteiger partial charge in [-0.15, -0.1) is 0 Å². The van der Waals surface area contributed by atoms with Crippen molar-refractivity contribution in [2.45, 2.75) is 317 Å². The SMILES string of the molecule is CCCCCCCCCCCCCC(=O)O[C@@H](COC(=O)CCCCCCCCCCCCCCCCC(C)C)COC(=O)CCCCCCCCCCCCCCCC(C)C. The molecule has 1 atom stereocenters. The highest BCUT2D eigenvalue weighted by Gasteiger charge is 2.19. The summed E-state index contributed by atoms with van der Waals surface area (Å²) in [5.41, 5.74) is 0. The molecule has 0 aromatic carbocycles. The van der Waals surface area contributed by atoms with Crippen LogP contribution in [0.15, 0.2) is 0 Å². The van der Waals surface area contributed by atoms with E-state index in [0.717, 1.165) is 69.6 Å². The topological polar surface area (TPSA) is 78.9 Å². The first-order valence-electron chi connectivity index (χ1n) is 27.7. The van der Waals surface area contributed by atoms with E-state index in [1.54, 1.807) is 0 Å². The van der Waals surface area contributed by atoms with Gasteiger partial charge in [0, 0.05) is 19.3 Å². The third-order valence-corrected chi connectivity index (χ3v) is 12.7. The molecule has 62 heavy (non-hydrogen) atoms. The van der Waals surface area contributed by atoms with Crippen LogP contribution in [0.2, 0.25) is 0 Å². The van der Waals surface area contributed by atoms with Crippen molar-refractivity contribution < 1.29 is 28.6 Å². The molecule has 6 nitrogen and oxygen atoms in total. The molecule has 0 amide bonds. The maximum absolute atomic E-state index is 12.8. The van der Waals surface area contributed by atoms with Crippen molar-refractivity contribution in [3.05, 3.63) is 0 Å². The van der Waals surface area contributed by atoms with E-state index in [4.69, 9.17) is 14.2 Å². The van der Waals surface area contributed by atoms with E-state index in [1.807, 2.05) is 0 Å². The van der Waals surface area contributed by atoms with Gasteiger partial charge in [0.25, 0.3) is 0 Å². The third-order valence-electron chi connectivity index (χ3n) is 12.7. The van der Waals surface area contributed by atoms with Crippen molar-refractivity contribution in [2.75, 3.05) is 13.2 Å². The molecule has 0 aliphatic rings. The minimum atomic E-state index is -0.761. The zero-order valence-electron chi connectivity index (χ0n) is 42.5. The van der Waals surface area contributed by atoms with Gasteiger partial charge in [0.15, 0.2) is 6.10 Å². The molecule has 0 radical (unpaired) electrons. The molecule has 0 heterocycles. The first-order valence-corrected chi connectivity index (χ1v) is 27.7. The Morgan fingerprint density at radius 3 is 0.790 bits per heavy atom. The Balaban J connectivity index is 4.26. The maximum Gasteiger partial charge on any atom is 0.306 e. The van der Waals surface area contributed by atoms with E-state index in [0.29, 0.717) is 19.3 Å². The molecule has 0 saturated carbocycles. The van der Waals surface area contributed by atoms with Crippen LogP contribution < -0.4 is 0 Å². The van der Waals surface area contributed by atoms with Gasteiger partial charge < -0.3 is 14.2 Å². The first-order chi connectivity index (χ1) is 30.2. The van der Waals surface area contributed by atoms with Gasteiger partial charge >= 0.3 is 17.9 Å². The number of unbranched alkanes of at least 4 members (excludes halogenated alkanes) is 35. The molecule has 0 aromatic heterocycles. The molecule has 0 spiro atoms. The monoisotopic (exact) mass is 877 g/mol. The van der Waals surface area contributed by atoms with E-state index in [9.17, 15) is 14.4 Å². The number of carbonyl (C=O) groups is 3. The summed E-state index contributed by atoms with van der Waals surface area (Å²) in [6, 6.07) is 0. The summed E-state index contributed by atoms with van der Waals surface area (Å²) in [5.74, 6) is 0.842. The fourth-order valence-electron chi connectivity index (χ4n) is 8.52. The second-order valence-electron chi connectivity index (χ2n) is 20.2. The van der Waals surface area contributed by atoms with E-state index in [1.165, 1.54) is 199 Å². The second kappa shape index (κ2) is 48.9. The van der Waals surface area contributed by atoms with Crippen molar-refractivity contribution in [3.8, 4) is 0 Å². The Kier molecular flexibility index (Phi) is 47.6. The molecule has 368 valence electrons. The zero-order chi connectivity index (χ0) is 45.4. The summed E-state index contributed by atoms with van der Waals surface area (Å²) in [7, 11) is 0. The molecule has 0 bridgehead atoms. The Labute approximate surface area is 387 Å². The minimum Gasteiger partial charge on any atom is -0.462 e. The summed E-state index contributed by atoms with van der Waals surface area (Å²) in [4.78, 5) is 38.0. The van der Waals surface area contributed by atoms with Crippen LogP contribution in [-0.4, -0.2) is 37.2 Å². The molecule has 0 rings (SSSR count). The minimum absolute atomic E-state index is 0.0630. The Bertz CT molecular complexity index is 947. The fraction of sp³-hybridized carbons (Fsp3) is 0.946. The molecule has 0 saturated heterocycles. The van der Waals surface area contributed by atoms with Crippen LogP contribution >= 0.6 is 0 Å². The molecule has 0 aliphatic heterocycles. The van der Waals surface area contributed by atoms with Gasteiger partial charge in [0.05, 0.1) is 0 Å². The van der Waals surface area contributed by atoms with Crippen molar-refractivity contribution in [1.29, 1.82) is 0 Å². The quantitative estimate of drug-likeness (QED) is 0.0344. The predicted molar refractivity (Wildman–Crippen MR) is 266 cm³/mol. The highest BCUT2D eigenvalue weighted by molar-refractivity contribution is 5.71. The van der Waals surface area contributed by atoms with Gasteiger partial charge in [0.1, 0.15) is 13.2 Å². The lowest BCUT2D eigenvalue weighted by Gasteiger charge is -2.18. The number of hydrogen-bond donors (Lipinski definition) is 0. The van der Waals surface area contributed by atoms with Crippen molar-refractivity contribution >= 4 is 17.9 Å². The van der Waals surface area contributed by atoms with E-state index in [-0.39, 0.29) is 31.1 Å². The molecular formula is C56H108O6. The lowest BCUT2D eigenvalue weighted by Crippen LogP contribution is -2.30. The van der Waals surface area contributed by atoms with Crippen LogP contribution in [0, 0.1) is 11.8 Å². The summed E-state index contributed by atoms with van der Waals surface area (Å²) in [5, 5.41) is 0. The molecule has 0 unspecified atom stereocenters. The summed E-state index contributed by atoms with van der Waals surface area (Å²) in [6.45, 7) is 11.4. The first kappa shape index (κ1) is 60.4. The van der Waals surface area contributed by atoms with E-state index < -0.39 is 6.10 Å². The number of esters is 3. The Morgan fingerprint density at radius 2 is 0.532 bits per heavy atom. The third kappa shape index (κ3) is 49.4. The zero-order valence-corrected chi connectivity index (χ0v) is 42.5. The van der Waals surface area contributed by atoms with Gasteiger partial charge in [-0.3, -0.25) is 14.4 Å². The average molecular weight is 877 g/mol. The van der Waals surface area contributed by atoms with Crippen LogP contribution in [0.4, 0.5) is 0 Å². The van der Waals surface area contributed by atoms with Crippen LogP contribution in [0.25, 0.3) is 0 Å². The van der Waals surface area contributed by atoms with Gasteiger partial charge in [-0.25, -0.2) is 0 Å². The van der Waals surface area contributed by atoms with E-state index >= 15 is 0 Å². The second-order valence-corrected chi connectivity index (χ2v) is 20.2. The van der Waals surface area contributed by atoms with Crippen LogP contribution in [0.3, 0.4) is 0 Å². The molecule has 0 N–H and O–H groups in total. The number of rotatable bonds is 50. The molecular weight excluding hydrogens is 769 g/mol. The number of ether oxygens (including phenoxy) is 3. The maximum atomic E-state index is 12.8. The number of hydrogen-bond acceptors (Lipinski definition) is 6. The highest BCUT2D eigenvalue weighted by atomic mass is 16.6. The Hall–Kier alpha value is -1.59. The smallest absolute Gasteiger partial charge is 0.306 e. The van der Waals surface area contributed by atoms with E-state index in [2.05, 4.69) is 34.6 Å². The van der Waals surface area contributed by atoms with Gasteiger partial charge in [-0.1, -0.05) is 272 Å².